The van der Waals surface area contributed by atoms with Gasteiger partial charge in [0.2, 0.25) is 16.4 Å². The van der Waals surface area contributed by atoms with Crippen LogP contribution < -0.4 is 0 Å². The maximum atomic E-state index is 11.5. The van der Waals surface area contributed by atoms with Crippen molar-refractivity contribution in [1.82, 2.24) is 0 Å². The molecule has 0 aromatic heterocycles. The van der Waals surface area contributed by atoms with Crippen LogP contribution in [0.15, 0.2) is 60.7 Å². The van der Waals surface area contributed by atoms with Crippen molar-refractivity contribution in [2.24, 2.45) is 0 Å². The SMILES string of the molecule is CC(c1ccccc1)[Si](C)(O)[Si](C)=O.CCCc1ccccc1.C[Si](=O)[SiH](C)O[Si](C)(C)C. The second-order valence-electron chi connectivity index (χ2n) is 9.55. The molecule has 2 aromatic carbocycles. The Morgan fingerprint density at radius 3 is 1.73 bits per heavy atom. The largest absolute Gasteiger partial charge is 0.455 e. The van der Waals surface area contributed by atoms with E-state index >= 15 is 0 Å². The van der Waals surface area contributed by atoms with Gasteiger partial charge in [-0.05, 0) is 63.4 Å². The molecule has 0 aliphatic carbocycles. The molecule has 2 aromatic rings. The molecule has 3 unspecified atom stereocenters. The standard InChI is InChI=1S/C10H16O2Si2.C9H12.C5H16O2Si3/c1-9(14(3,12)13(2)11)10-7-5-4-6-8-10;1-2-6-9-7-4-3-5-8-9;1-8(6)9(2)7-10(3,4)5/h4-9,12H,1-3H3;3-5,7-8H,2,6H2,1H3;9H,1-5H3. The van der Waals surface area contributed by atoms with E-state index in [1.807, 2.05) is 50.3 Å². The summed E-state index contributed by atoms with van der Waals surface area (Å²) in [6.45, 7) is 17.9. The van der Waals surface area contributed by atoms with E-state index in [2.05, 4.69) is 56.9 Å². The van der Waals surface area contributed by atoms with Gasteiger partial charge in [-0.2, -0.15) is 0 Å². The summed E-state index contributed by atoms with van der Waals surface area (Å²) in [5.41, 5.74) is 2.57. The number of hydrogen-bond donors (Lipinski definition) is 1. The van der Waals surface area contributed by atoms with E-state index in [0.29, 0.717) is 0 Å². The maximum Gasteiger partial charge on any atom is 0.286 e. The second kappa shape index (κ2) is 15.9. The summed E-state index contributed by atoms with van der Waals surface area (Å²) in [6.07, 6.45) is 2.45. The van der Waals surface area contributed by atoms with Gasteiger partial charge in [-0.25, -0.2) is 0 Å². The normalized spacial score (nSPS) is 14.4. The molecule has 0 radical (unpaired) electrons. The van der Waals surface area contributed by atoms with Crippen molar-refractivity contribution in [2.45, 2.75) is 78.1 Å². The second-order valence-corrected chi connectivity index (χ2v) is 31.5. The quantitative estimate of drug-likeness (QED) is 0.421. The highest BCUT2D eigenvalue weighted by Crippen LogP contribution is 2.24. The molecular formula is C24H44O4Si5. The summed E-state index contributed by atoms with van der Waals surface area (Å²) >= 11 is 0. The average Bonchev–Trinajstić information content (AvgIpc) is 2.74. The molecule has 4 nitrogen and oxygen atoms in total. The zero-order valence-electron chi connectivity index (χ0n) is 22.0. The van der Waals surface area contributed by atoms with Gasteiger partial charge < -0.3 is 17.8 Å². The van der Waals surface area contributed by atoms with Gasteiger partial charge in [0, 0.05) is 5.54 Å². The van der Waals surface area contributed by atoms with Crippen LogP contribution in [-0.2, 0) is 19.5 Å². The molecule has 0 amide bonds. The third kappa shape index (κ3) is 14.1. The van der Waals surface area contributed by atoms with Crippen LogP contribution in [0.25, 0.3) is 0 Å². The highest BCUT2D eigenvalue weighted by Gasteiger charge is 2.39. The first kappa shape index (κ1) is 32.0. The Morgan fingerprint density at radius 2 is 1.39 bits per heavy atom. The molecule has 33 heavy (non-hydrogen) atoms. The van der Waals surface area contributed by atoms with Gasteiger partial charge in [0.15, 0.2) is 8.32 Å². The molecule has 0 saturated carbocycles. The van der Waals surface area contributed by atoms with E-state index in [1.54, 1.807) is 13.1 Å². The van der Waals surface area contributed by atoms with Crippen molar-refractivity contribution >= 4 is 41.1 Å². The molecule has 0 spiro atoms. The summed E-state index contributed by atoms with van der Waals surface area (Å²) < 4.78 is 28.2. The lowest BCUT2D eigenvalue weighted by Gasteiger charge is -2.24. The summed E-state index contributed by atoms with van der Waals surface area (Å²) in [6, 6.07) is 20.4. The summed E-state index contributed by atoms with van der Waals surface area (Å²) in [5.74, 6) is 0. The van der Waals surface area contributed by atoms with Gasteiger partial charge in [0.25, 0.3) is 16.4 Å². The zero-order valence-corrected chi connectivity index (χ0v) is 27.2. The monoisotopic (exact) mass is 536 g/mol. The average molecular weight is 537 g/mol. The Kier molecular flexibility index (Phi) is 15.4. The highest BCUT2D eigenvalue weighted by molar-refractivity contribution is 7.23. The third-order valence-corrected chi connectivity index (χ3v) is 24.2. The zero-order chi connectivity index (χ0) is 25.7. The van der Waals surface area contributed by atoms with Crippen LogP contribution in [0.5, 0.6) is 0 Å². The minimum Gasteiger partial charge on any atom is -0.455 e. The van der Waals surface area contributed by atoms with E-state index in [1.165, 1.54) is 18.4 Å². The van der Waals surface area contributed by atoms with Crippen LogP contribution in [0.3, 0.4) is 0 Å². The van der Waals surface area contributed by atoms with Crippen LogP contribution in [0.4, 0.5) is 0 Å². The predicted octanol–water partition coefficient (Wildman–Crippen LogP) is 5.99. The Hall–Kier alpha value is -0.956. The fourth-order valence-corrected chi connectivity index (χ4v) is 16.3. The smallest absolute Gasteiger partial charge is 0.286 e. The van der Waals surface area contributed by atoms with Crippen molar-refractivity contribution in [1.29, 1.82) is 0 Å². The Bertz CT molecular complexity index is 824. The van der Waals surface area contributed by atoms with Crippen molar-refractivity contribution in [3.63, 3.8) is 0 Å². The van der Waals surface area contributed by atoms with Crippen LogP contribution in [0.2, 0.25) is 45.8 Å². The lowest BCUT2D eigenvalue weighted by Crippen LogP contribution is -2.46. The molecule has 0 aliphatic heterocycles. The molecule has 0 saturated heterocycles. The Labute approximate surface area is 208 Å². The van der Waals surface area contributed by atoms with Gasteiger partial charge in [0.1, 0.15) is 0 Å². The summed E-state index contributed by atoms with van der Waals surface area (Å²) in [4.78, 5) is 10.2. The van der Waals surface area contributed by atoms with E-state index < -0.39 is 41.1 Å². The number of rotatable bonds is 8. The van der Waals surface area contributed by atoms with Crippen molar-refractivity contribution < 1.29 is 17.8 Å². The molecule has 0 aliphatic rings. The van der Waals surface area contributed by atoms with E-state index in [0.717, 1.165) is 5.56 Å². The van der Waals surface area contributed by atoms with Crippen molar-refractivity contribution in [3.8, 4) is 0 Å². The molecule has 184 valence electrons. The molecular weight excluding hydrogens is 493 g/mol. The third-order valence-electron chi connectivity index (χ3n) is 5.34. The number of hydrogen-bond acceptors (Lipinski definition) is 4. The van der Waals surface area contributed by atoms with Crippen LogP contribution >= 0.6 is 0 Å². The lowest BCUT2D eigenvalue weighted by atomic mass is 10.1. The first-order chi connectivity index (χ1) is 15.2. The molecule has 0 fully saturated rings. The van der Waals surface area contributed by atoms with Crippen LogP contribution in [-0.4, -0.2) is 45.9 Å². The molecule has 1 N–H and O–H groups in total. The van der Waals surface area contributed by atoms with Gasteiger partial charge in [-0.15, -0.1) is 0 Å². The van der Waals surface area contributed by atoms with Gasteiger partial charge in [-0.1, -0.05) is 80.9 Å². The molecule has 0 bridgehead atoms. The number of aryl methyl sites for hydroxylation is 1. The van der Waals surface area contributed by atoms with Crippen LogP contribution in [0.1, 0.15) is 36.9 Å². The van der Waals surface area contributed by atoms with Crippen molar-refractivity contribution in [3.05, 3.63) is 71.8 Å². The minimum atomic E-state index is -2.58. The first-order valence-electron chi connectivity index (χ1n) is 11.7. The Balaban J connectivity index is 0.000000481. The van der Waals surface area contributed by atoms with Gasteiger partial charge in [-0.3, -0.25) is 0 Å². The molecule has 9 heteroatoms. The molecule has 2 rings (SSSR count). The van der Waals surface area contributed by atoms with Crippen LogP contribution in [0, 0.1) is 0 Å². The Morgan fingerprint density at radius 1 is 0.939 bits per heavy atom. The first-order valence-corrected chi connectivity index (χ1v) is 25.9. The fourth-order valence-electron chi connectivity index (χ4n) is 2.92. The molecule has 3 atom stereocenters. The maximum absolute atomic E-state index is 11.5. The fraction of sp³-hybridized carbons (Fsp3) is 0.500. The predicted molar refractivity (Wildman–Crippen MR) is 151 cm³/mol. The summed E-state index contributed by atoms with van der Waals surface area (Å²) in [5, 5.41) is 0. The highest BCUT2D eigenvalue weighted by atomic mass is 29.2. The minimum absolute atomic E-state index is 0.0417. The lowest BCUT2D eigenvalue weighted by molar-refractivity contribution is 0.522. The van der Waals surface area contributed by atoms with E-state index in [4.69, 9.17) is 4.12 Å². The van der Waals surface area contributed by atoms with Crippen molar-refractivity contribution in [2.75, 3.05) is 0 Å². The van der Waals surface area contributed by atoms with Gasteiger partial charge >= 0.3 is 0 Å². The van der Waals surface area contributed by atoms with Gasteiger partial charge in [0.05, 0.1) is 0 Å². The topological polar surface area (TPSA) is 63.6 Å². The summed E-state index contributed by atoms with van der Waals surface area (Å²) in [7, 11) is -8.42. The number of benzene rings is 2. The van der Waals surface area contributed by atoms with E-state index in [9.17, 15) is 13.7 Å². The van der Waals surface area contributed by atoms with E-state index in [-0.39, 0.29) is 5.54 Å². The molecule has 0 heterocycles.